The molecule has 0 bridgehead atoms. The first-order valence-electron chi connectivity index (χ1n) is 8.93. The first-order chi connectivity index (χ1) is 11.8. The van der Waals surface area contributed by atoms with Gasteiger partial charge < -0.3 is 20.1 Å². The zero-order valence-electron chi connectivity index (χ0n) is 15.0. The van der Waals surface area contributed by atoms with Gasteiger partial charge in [-0.15, -0.1) is 0 Å². The Morgan fingerprint density at radius 3 is 2.80 bits per heavy atom. The number of nitrogens with one attached hydrogen (secondary N) is 2. The average Bonchev–Trinajstić information content (AvgIpc) is 2.53. The van der Waals surface area contributed by atoms with Gasteiger partial charge in [-0.25, -0.2) is 9.18 Å². The number of amides is 1. The summed E-state index contributed by atoms with van der Waals surface area (Å²) in [6, 6.07) is 6.60. The second-order valence-corrected chi connectivity index (χ2v) is 7.81. The predicted molar refractivity (Wildman–Crippen MR) is 92.6 cm³/mol. The van der Waals surface area contributed by atoms with E-state index in [0.29, 0.717) is 12.1 Å². The van der Waals surface area contributed by atoms with Crippen molar-refractivity contribution in [3.63, 3.8) is 0 Å². The molecule has 1 amide bonds. The molecule has 25 heavy (non-hydrogen) atoms. The second-order valence-electron chi connectivity index (χ2n) is 7.81. The van der Waals surface area contributed by atoms with Crippen molar-refractivity contribution < 1.29 is 18.7 Å². The van der Waals surface area contributed by atoms with Crippen LogP contribution in [0.25, 0.3) is 0 Å². The number of hydrogen-bond acceptors (Lipinski definition) is 4. The van der Waals surface area contributed by atoms with Crippen molar-refractivity contribution in [3.05, 3.63) is 35.6 Å². The first-order valence-corrected chi connectivity index (χ1v) is 8.93. The van der Waals surface area contributed by atoms with E-state index in [2.05, 4.69) is 10.6 Å². The molecule has 6 heteroatoms. The topological polar surface area (TPSA) is 59.6 Å². The quantitative estimate of drug-likeness (QED) is 0.876. The van der Waals surface area contributed by atoms with Gasteiger partial charge in [-0.05, 0) is 39.7 Å². The SMILES string of the molecule is CC(C)(C)OC(=O)NC1C2CCCOC2C1NCc1ccccc1F. The highest BCUT2D eigenvalue weighted by molar-refractivity contribution is 5.68. The van der Waals surface area contributed by atoms with Gasteiger partial charge in [0.25, 0.3) is 0 Å². The number of benzene rings is 1. The summed E-state index contributed by atoms with van der Waals surface area (Å²) in [6.45, 7) is 6.66. The van der Waals surface area contributed by atoms with Gasteiger partial charge in [-0.1, -0.05) is 18.2 Å². The number of ether oxygens (including phenoxy) is 2. The first kappa shape index (κ1) is 18.1. The monoisotopic (exact) mass is 350 g/mol. The lowest BCUT2D eigenvalue weighted by Gasteiger charge is -2.54. The molecule has 3 rings (SSSR count). The number of alkyl carbamates (subject to hydrolysis) is 1. The third kappa shape index (κ3) is 4.30. The number of carbonyl (C=O) groups excluding carboxylic acids is 1. The van der Waals surface area contributed by atoms with E-state index in [4.69, 9.17) is 9.47 Å². The molecule has 5 nitrogen and oxygen atoms in total. The van der Waals surface area contributed by atoms with Crippen molar-refractivity contribution in [2.24, 2.45) is 5.92 Å². The normalized spacial score (nSPS) is 28.6. The Hall–Kier alpha value is -1.66. The summed E-state index contributed by atoms with van der Waals surface area (Å²) in [7, 11) is 0. The van der Waals surface area contributed by atoms with Crippen LogP contribution in [-0.2, 0) is 16.0 Å². The molecular formula is C19H27FN2O3. The summed E-state index contributed by atoms with van der Waals surface area (Å²) in [5.74, 6) is 0.0477. The molecule has 2 N–H and O–H groups in total. The van der Waals surface area contributed by atoms with Crippen molar-refractivity contribution in [1.82, 2.24) is 10.6 Å². The molecule has 0 radical (unpaired) electrons. The number of fused-ring (bicyclic) bond motifs is 1. The van der Waals surface area contributed by atoms with Gasteiger partial charge in [-0.2, -0.15) is 0 Å². The van der Waals surface area contributed by atoms with E-state index in [1.165, 1.54) is 6.07 Å². The Labute approximate surface area is 148 Å². The van der Waals surface area contributed by atoms with Crippen molar-refractivity contribution in [2.45, 2.75) is 63.9 Å². The van der Waals surface area contributed by atoms with E-state index in [1.54, 1.807) is 12.1 Å². The molecule has 2 aliphatic rings. The Morgan fingerprint density at radius 1 is 1.32 bits per heavy atom. The van der Waals surface area contributed by atoms with Crippen molar-refractivity contribution in [3.8, 4) is 0 Å². The van der Waals surface area contributed by atoms with E-state index >= 15 is 0 Å². The predicted octanol–water partition coefficient (Wildman–Crippen LogP) is 2.99. The van der Waals surface area contributed by atoms with Crippen LogP contribution in [0.2, 0.25) is 0 Å². The smallest absolute Gasteiger partial charge is 0.407 e. The molecule has 138 valence electrons. The van der Waals surface area contributed by atoms with Crippen LogP contribution in [0.1, 0.15) is 39.2 Å². The van der Waals surface area contributed by atoms with Gasteiger partial charge in [0.2, 0.25) is 0 Å². The lowest BCUT2D eigenvalue weighted by atomic mass is 9.68. The molecule has 2 fully saturated rings. The van der Waals surface area contributed by atoms with E-state index in [-0.39, 0.29) is 29.9 Å². The van der Waals surface area contributed by atoms with Crippen LogP contribution in [0.5, 0.6) is 0 Å². The molecular weight excluding hydrogens is 323 g/mol. The van der Waals surface area contributed by atoms with Crippen molar-refractivity contribution >= 4 is 6.09 Å². The summed E-state index contributed by atoms with van der Waals surface area (Å²) in [5.41, 5.74) is 0.0737. The summed E-state index contributed by atoms with van der Waals surface area (Å²) < 4.78 is 25.1. The van der Waals surface area contributed by atoms with Crippen LogP contribution in [0.15, 0.2) is 24.3 Å². The zero-order valence-corrected chi connectivity index (χ0v) is 15.0. The van der Waals surface area contributed by atoms with Crippen LogP contribution < -0.4 is 10.6 Å². The van der Waals surface area contributed by atoms with Gasteiger partial charge in [0.05, 0.1) is 18.2 Å². The molecule has 1 saturated carbocycles. The number of hydrogen-bond donors (Lipinski definition) is 2. The maximum Gasteiger partial charge on any atom is 0.407 e. The van der Waals surface area contributed by atoms with E-state index in [9.17, 15) is 9.18 Å². The largest absolute Gasteiger partial charge is 0.444 e. The van der Waals surface area contributed by atoms with E-state index in [1.807, 2.05) is 26.8 Å². The summed E-state index contributed by atoms with van der Waals surface area (Å²) in [4.78, 5) is 12.1. The molecule has 4 atom stereocenters. The molecule has 4 unspecified atom stereocenters. The Kier molecular flexibility index (Phi) is 5.29. The molecule has 1 aromatic carbocycles. The van der Waals surface area contributed by atoms with Crippen LogP contribution in [0.3, 0.4) is 0 Å². The minimum Gasteiger partial charge on any atom is -0.444 e. The van der Waals surface area contributed by atoms with Crippen LogP contribution in [-0.4, -0.2) is 36.5 Å². The number of carbonyl (C=O) groups is 1. The molecule has 1 saturated heterocycles. The maximum absolute atomic E-state index is 13.8. The van der Waals surface area contributed by atoms with Crippen LogP contribution in [0, 0.1) is 11.7 Å². The highest BCUT2D eigenvalue weighted by atomic mass is 19.1. The summed E-state index contributed by atoms with van der Waals surface area (Å²) in [5, 5.41) is 6.33. The zero-order chi connectivity index (χ0) is 18.0. The Morgan fingerprint density at radius 2 is 2.08 bits per heavy atom. The van der Waals surface area contributed by atoms with Gasteiger partial charge in [0, 0.05) is 24.6 Å². The molecule has 1 aliphatic heterocycles. The van der Waals surface area contributed by atoms with Crippen LogP contribution in [0.4, 0.5) is 9.18 Å². The highest BCUT2D eigenvalue weighted by Crippen LogP contribution is 2.38. The van der Waals surface area contributed by atoms with Gasteiger partial charge in [-0.3, -0.25) is 0 Å². The molecule has 0 spiro atoms. The third-order valence-electron chi connectivity index (χ3n) is 4.79. The highest BCUT2D eigenvalue weighted by Gasteiger charge is 2.53. The molecule has 1 heterocycles. The number of rotatable bonds is 4. The lowest BCUT2D eigenvalue weighted by Crippen LogP contribution is -2.73. The van der Waals surface area contributed by atoms with Gasteiger partial charge >= 0.3 is 6.09 Å². The maximum atomic E-state index is 13.8. The van der Waals surface area contributed by atoms with Gasteiger partial charge in [0.15, 0.2) is 0 Å². The average molecular weight is 350 g/mol. The fourth-order valence-electron chi connectivity index (χ4n) is 3.66. The molecule has 1 aromatic rings. The Bertz CT molecular complexity index is 617. The minimum atomic E-state index is -0.535. The molecule has 1 aliphatic carbocycles. The second kappa shape index (κ2) is 7.30. The standard InChI is InChI=1S/C19H27FN2O3/c1-19(2,3)25-18(23)22-15-13-8-6-10-24-17(13)16(15)21-11-12-7-4-5-9-14(12)20/h4-5,7,9,13,15-17,21H,6,8,10-11H2,1-3H3,(H,22,23). The van der Waals surface area contributed by atoms with Crippen molar-refractivity contribution in [2.75, 3.05) is 6.61 Å². The van der Waals surface area contributed by atoms with Crippen LogP contribution >= 0.6 is 0 Å². The lowest BCUT2D eigenvalue weighted by molar-refractivity contribution is -0.128. The summed E-state index contributed by atoms with van der Waals surface area (Å²) >= 11 is 0. The van der Waals surface area contributed by atoms with E-state index < -0.39 is 11.7 Å². The number of halogens is 1. The molecule has 0 aromatic heterocycles. The van der Waals surface area contributed by atoms with Gasteiger partial charge in [0.1, 0.15) is 11.4 Å². The minimum absolute atomic E-state index is 0.0441. The fraction of sp³-hybridized carbons (Fsp3) is 0.632. The summed E-state index contributed by atoms with van der Waals surface area (Å²) in [6.07, 6.45) is 1.65. The fourth-order valence-corrected chi connectivity index (χ4v) is 3.66. The van der Waals surface area contributed by atoms with Crippen molar-refractivity contribution in [1.29, 1.82) is 0 Å². The van der Waals surface area contributed by atoms with E-state index in [0.717, 1.165) is 19.4 Å². The Balaban J connectivity index is 1.63. The third-order valence-corrected chi connectivity index (χ3v) is 4.79.